The Morgan fingerprint density at radius 2 is 1.61 bits per heavy atom. The van der Waals surface area contributed by atoms with Crippen molar-refractivity contribution in [3.63, 3.8) is 0 Å². The van der Waals surface area contributed by atoms with Crippen LogP contribution in [-0.2, 0) is 17.8 Å². The number of hydrogen-bond donors (Lipinski definition) is 1. The molecular formula is C30H31LiNO3S+. The fourth-order valence-corrected chi connectivity index (χ4v) is 6.02. The standard InChI is InChI=1S/C30H31NO3S.Li/c32-29(33)8-5-19-34-25-15-13-24(14-16-25)30-27(26-6-1-2-7-28(26)35-30)20-22-9-11-23(12-10-22)21-31-17-3-4-18-31;/h1-2,6-7,9-16H,3-5,8,17-21H2,(H,32,33);/q;+1. The first-order valence-electron chi connectivity index (χ1n) is 12.4. The van der Waals surface area contributed by atoms with E-state index in [4.69, 9.17) is 9.84 Å². The average molecular weight is 493 g/mol. The molecule has 6 heteroatoms. The molecule has 0 atom stereocenters. The topological polar surface area (TPSA) is 49.8 Å². The number of rotatable bonds is 10. The number of benzene rings is 3. The Morgan fingerprint density at radius 3 is 2.33 bits per heavy atom. The molecule has 0 amide bonds. The number of nitrogens with zero attached hydrogens (tertiary/aromatic N) is 1. The summed E-state index contributed by atoms with van der Waals surface area (Å²) in [5.41, 5.74) is 5.28. The van der Waals surface area contributed by atoms with Gasteiger partial charge in [0.1, 0.15) is 5.75 Å². The van der Waals surface area contributed by atoms with Crippen molar-refractivity contribution in [2.45, 2.75) is 38.6 Å². The largest absolute Gasteiger partial charge is 1.00 e. The normalized spacial score (nSPS) is 13.6. The molecule has 2 heterocycles. The van der Waals surface area contributed by atoms with Crippen molar-refractivity contribution in [2.24, 2.45) is 0 Å². The van der Waals surface area contributed by atoms with E-state index in [0.717, 1.165) is 18.7 Å². The van der Waals surface area contributed by atoms with Crippen LogP contribution in [-0.4, -0.2) is 35.7 Å². The van der Waals surface area contributed by atoms with Gasteiger partial charge in [0.15, 0.2) is 0 Å². The van der Waals surface area contributed by atoms with Crippen LogP contribution in [0.3, 0.4) is 0 Å². The summed E-state index contributed by atoms with van der Waals surface area (Å²) < 4.78 is 7.03. The molecule has 0 unspecified atom stereocenters. The van der Waals surface area contributed by atoms with E-state index >= 15 is 0 Å². The second-order valence-corrected chi connectivity index (χ2v) is 10.3. The number of carbonyl (C=O) groups is 1. The maximum atomic E-state index is 10.7. The number of ether oxygens (including phenoxy) is 1. The minimum Gasteiger partial charge on any atom is -0.494 e. The fraction of sp³-hybridized carbons (Fsp3) is 0.300. The van der Waals surface area contributed by atoms with Gasteiger partial charge in [-0.25, -0.2) is 0 Å². The van der Waals surface area contributed by atoms with Crippen LogP contribution < -0.4 is 23.6 Å². The van der Waals surface area contributed by atoms with Crippen molar-refractivity contribution in [2.75, 3.05) is 19.7 Å². The summed E-state index contributed by atoms with van der Waals surface area (Å²) >= 11 is 1.84. The van der Waals surface area contributed by atoms with Gasteiger partial charge in [0.2, 0.25) is 0 Å². The number of fused-ring (bicyclic) bond motifs is 1. The summed E-state index contributed by atoms with van der Waals surface area (Å²) in [5, 5.41) is 10.1. The van der Waals surface area contributed by atoms with Gasteiger partial charge < -0.3 is 9.84 Å². The SMILES string of the molecule is O=C(O)CCCOc1ccc(-c2sc3ccccc3c2Cc2ccc(CN3CCCC3)cc2)cc1.[Li+]. The van der Waals surface area contributed by atoms with E-state index in [-0.39, 0.29) is 25.3 Å². The van der Waals surface area contributed by atoms with Gasteiger partial charge in [-0.15, -0.1) is 11.3 Å². The third-order valence-corrected chi connectivity index (χ3v) is 7.89. The first-order chi connectivity index (χ1) is 17.2. The molecule has 0 aliphatic carbocycles. The Hall–Kier alpha value is -2.55. The molecule has 3 aromatic carbocycles. The van der Waals surface area contributed by atoms with Crippen LogP contribution in [0.2, 0.25) is 0 Å². The van der Waals surface area contributed by atoms with Gasteiger partial charge in [-0.1, -0.05) is 42.5 Å². The van der Waals surface area contributed by atoms with E-state index in [2.05, 4.69) is 65.6 Å². The van der Waals surface area contributed by atoms with E-state index in [1.165, 1.54) is 63.1 Å². The van der Waals surface area contributed by atoms with Crippen molar-refractivity contribution in [1.82, 2.24) is 4.90 Å². The van der Waals surface area contributed by atoms with Gasteiger partial charge in [-0.05, 0) is 96.7 Å². The van der Waals surface area contributed by atoms with Crippen LogP contribution in [0, 0.1) is 0 Å². The van der Waals surface area contributed by atoms with Crippen LogP contribution in [0.15, 0.2) is 72.8 Å². The monoisotopic (exact) mass is 492 g/mol. The summed E-state index contributed by atoms with van der Waals surface area (Å²) in [7, 11) is 0. The minimum absolute atomic E-state index is 0. The van der Waals surface area contributed by atoms with E-state index < -0.39 is 5.97 Å². The molecular weight excluding hydrogens is 461 g/mol. The smallest absolute Gasteiger partial charge is 0.494 e. The predicted octanol–water partition coefficient (Wildman–Crippen LogP) is 4.00. The fourth-order valence-electron chi connectivity index (χ4n) is 4.79. The number of thiophene rings is 1. The second-order valence-electron chi connectivity index (χ2n) is 9.25. The van der Waals surface area contributed by atoms with E-state index in [1.54, 1.807) is 0 Å². The van der Waals surface area contributed by atoms with Crippen LogP contribution in [0.25, 0.3) is 20.5 Å². The van der Waals surface area contributed by atoms with Gasteiger partial charge >= 0.3 is 24.8 Å². The molecule has 1 N–H and O–H groups in total. The summed E-state index contributed by atoms with van der Waals surface area (Å²) in [6.45, 7) is 3.90. The van der Waals surface area contributed by atoms with E-state index in [0.29, 0.717) is 13.0 Å². The Morgan fingerprint density at radius 1 is 0.917 bits per heavy atom. The van der Waals surface area contributed by atoms with Crippen LogP contribution in [0.4, 0.5) is 0 Å². The molecule has 0 spiro atoms. The zero-order valence-corrected chi connectivity index (χ0v) is 21.7. The maximum Gasteiger partial charge on any atom is 1.00 e. The van der Waals surface area contributed by atoms with Crippen molar-refractivity contribution < 1.29 is 33.5 Å². The summed E-state index contributed by atoms with van der Waals surface area (Å²) in [5.74, 6) is -0.0159. The summed E-state index contributed by atoms with van der Waals surface area (Å²) in [4.78, 5) is 14.5. The average Bonchev–Trinajstić information content (AvgIpc) is 3.51. The van der Waals surface area contributed by atoms with Gasteiger partial charge in [-0.2, -0.15) is 0 Å². The predicted molar refractivity (Wildman–Crippen MR) is 143 cm³/mol. The van der Waals surface area contributed by atoms with E-state index in [9.17, 15) is 4.79 Å². The first-order valence-corrected chi connectivity index (χ1v) is 13.2. The van der Waals surface area contributed by atoms with Gasteiger partial charge in [-0.3, -0.25) is 9.69 Å². The quantitative estimate of drug-likeness (QED) is 0.269. The molecule has 1 saturated heterocycles. The van der Waals surface area contributed by atoms with Gasteiger partial charge in [0.05, 0.1) is 6.61 Å². The molecule has 1 aliphatic rings. The van der Waals surface area contributed by atoms with Crippen LogP contribution in [0.1, 0.15) is 42.4 Å². The Balaban J connectivity index is 0.00000304. The molecule has 1 aromatic heterocycles. The van der Waals surface area contributed by atoms with Crippen LogP contribution >= 0.6 is 11.3 Å². The first kappa shape index (κ1) is 26.5. The molecule has 180 valence electrons. The number of aliphatic carboxylic acids is 1. The maximum absolute atomic E-state index is 10.7. The molecule has 1 aliphatic heterocycles. The van der Waals surface area contributed by atoms with Crippen LogP contribution in [0.5, 0.6) is 5.75 Å². The Bertz CT molecular complexity index is 1280. The minimum atomic E-state index is -0.789. The molecule has 36 heavy (non-hydrogen) atoms. The van der Waals surface area contributed by atoms with Gasteiger partial charge in [0.25, 0.3) is 0 Å². The summed E-state index contributed by atoms with van der Waals surface area (Å²) in [6.07, 6.45) is 4.18. The number of carboxylic acids is 1. The second kappa shape index (κ2) is 12.6. The Labute approximate surface area is 229 Å². The Kier molecular flexibility index (Phi) is 9.28. The van der Waals surface area contributed by atoms with Crippen molar-refractivity contribution in [3.05, 3.63) is 89.5 Å². The zero-order chi connectivity index (χ0) is 24.0. The molecule has 4 nitrogen and oxygen atoms in total. The number of carboxylic acid groups (broad SMARTS) is 1. The molecule has 1 fully saturated rings. The van der Waals surface area contributed by atoms with Crippen molar-refractivity contribution >= 4 is 27.4 Å². The molecule has 5 rings (SSSR count). The van der Waals surface area contributed by atoms with Crippen molar-refractivity contribution in [1.29, 1.82) is 0 Å². The zero-order valence-electron chi connectivity index (χ0n) is 20.9. The van der Waals surface area contributed by atoms with Gasteiger partial charge in [0, 0.05) is 22.5 Å². The number of likely N-dealkylation sites (tertiary alicyclic amines) is 1. The van der Waals surface area contributed by atoms with E-state index in [1.807, 2.05) is 23.5 Å². The van der Waals surface area contributed by atoms with Crippen molar-refractivity contribution in [3.8, 4) is 16.2 Å². The molecule has 0 radical (unpaired) electrons. The molecule has 4 aromatic rings. The molecule has 0 saturated carbocycles. The summed E-state index contributed by atoms with van der Waals surface area (Å²) in [6, 6.07) is 26.0. The number of hydrogen-bond acceptors (Lipinski definition) is 4. The third kappa shape index (κ3) is 6.60. The molecule has 0 bridgehead atoms. The third-order valence-electron chi connectivity index (χ3n) is 6.63.